The van der Waals surface area contributed by atoms with Crippen molar-refractivity contribution in [2.24, 2.45) is 0 Å². The van der Waals surface area contributed by atoms with Gasteiger partial charge in [-0.05, 0) is 49.6 Å². The van der Waals surface area contributed by atoms with E-state index in [-0.39, 0.29) is 6.61 Å². The van der Waals surface area contributed by atoms with Crippen LogP contribution in [0.2, 0.25) is 0 Å². The lowest BCUT2D eigenvalue weighted by atomic mass is 10.00. The molecule has 4 nitrogen and oxygen atoms in total. The molecule has 0 unspecified atom stereocenters. The highest BCUT2D eigenvalue weighted by Gasteiger charge is 2.30. The SMILES string of the molecule is CC(C)(C)OC(=O)N[C@@H](CO)c1ccc(-c2ccc(C(F)(F)F)cc2)cc1. The topological polar surface area (TPSA) is 58.6 Å². The fraction of sp³-hybridized carbons (Fsp3) is 0.350. The number of carbonyl (C=O) groups excluding carboxylic acids is 1. The van der Waals surface area contributed by atoms with E-state index in [1.807, 2.05) is 0 Å². The number of hydrogen-bond donors (Lipinski definition) is 2. The summed E-state index contributed by atoms with van der Waals surface area (Å²) in [4.78, 5) is 11.9. The number of alkyl carbamates (subject to hydrolysis) is 1. The number of rotatable bonds is 4. The molecule has 0 saturated heterocycles. The molecule has 27 heavy (non-hydrogen) atoms. The van der Waals surface area contributed by atoms with Gasteiger partial charge in [0.15, 0.2) is 0 Å². The monoisotopic (exact) mass is 381 g/mol. The van der Waals surface area contributed by atoms with Gasteiger partial charge in [-0.2, -0.15) is 13.2 Å². The van der Waals surface area contributed by atoms with E-state index in [0.717, 1.165) is 17.7 Å². The van der Waals surface area contributed by atoms with Crippen molar-refractivity contribution in [3.8, 4) is 11.1 Å². The standard InChI is InChI=1S/C20H22F3NO3/c1-19(2,3)27-18(26)24-17(12-25)15-6-4-13(5-7-15)14-8-10-16(11-9-14)20(21,22)23/h4-11,17,25H,12H2,1-3H3,(H,24,26)/t17-/m0/s1. The molecule has 7 heteroatoms. The Bertz CT molecular complexity index is 763. The predicted octanol–water partition coefficient (Wildman–Crippen LogP) is 4.93. The van der Waals surface area contributed by atoms with Gasteiger partial charge in [-0.15, -0.1) is 0 Å². The molecule has 0 spiro atoms. The molecule has 0 aliphatic rings. The molecule has 146 valence electrons. The first-order chi connectivity index (χ1) is 12.5. The third-order valence-corrected chi connectivity index (χ3v) is 3.73. The highest BCUT2D eigenvalue weighted by atomic mass is 19.4. The van der Waals surface area contributed by atoms with Crippen LogP contribution in [-0.2, 0) is 10.9 Å². The van der Waals surface area contributed by atoms with Crippen LogP contribution >= 0.6 is 0 Å². The summed E-state index contributed by atoms with van der Waals surface area (Å²) in [5, 5.41) is 12.1. The average Bonchev–Trinajstić information content (AvgIpc) is 2.58. The molecule has 2 aromatic carbocycles. The number of aliphatic hydroxyl groups is 1. The lowest BCUT2D eigenvalue weighted by Crippen LogP contribution is -2.36. The minimum Gasteiger partial charge on any atom is -0.444 e. The van der Waals surface area contributed by atoms with E-state index in [2.05, 4.69) is 5.32 Å². The Hall–Kier alpha value is -2.54. The molecular formula is C20H22F3NO3. The zero-order valence-electron chi connectivity index (χ0n) is 15.3. The van der Waals surface area contributed by atoms with Gasteiger partial charge in [0.2, 0.25) is 0 Å². The molecule has 2 N–H and O–H groups in total. The molecule has 2 rings (SSSR count). The van der Waals surface area contributed by atoms with Gasteiger partial charge < -0.3 is 15.2 Å². The van der Waals surface area contributed by atoms with E-state index >= 15 is 0 Å². The number of alkyl halides is 3. The highest BCUT2D eigenvalue weighted by molar-refractivity contribution is 5.69. The van der Waals surface area contributed by atoms with Crippen LogP contribution in [-0.4, -0.2) is 23.4 Å². The second-order valence-corrected chi connectivity index (χ2v) is 7.08. The number of benzene rings is 2. The van der Waals surface area contributed by atoms with Crippen LogP contribution in [0.4, 0.5) is 18.0 Å². The van der Waals surface area contributed by atoms with Crippen molar-refractivity contribution in [1.29, 1.82) is 0 Å². The minimum atomic E-state index is -4.37. The van der Waals surface area contributed by atoms with Gasteiger partial charge in [-0.1, -0.05) is 36.4 Å². The van der Waals surface area contributed by atoms with E-state index < -0.39 is 29.5 Å². The van der Waals surface area contributed by atoms with Crippen molar-refractivity contribution < 1.29 is 27.8 Å². The number of aliphatic hydroxyl groups excluding tert-OH is 1. The van der Waals surface area contributed by atoms with E-state index in [4.69, 9.17) is 4.74 Å². The van der Waals surface area contributed by atoms with E-state index in [9.17, 15) is 23.1 Å². The van der Waals surface area contributed by atoms with Crippen molar-refractivity contribution in [2.75, 3.05) is 6.61 Å². The van der Waals surface area contributed by atoms with E-state index in [1.54, 1.807) is 45.0 Å². The van der Waals surface area contributed by atoms with Gasteiger partial charge in [-0.25, -0.2) is 4.79 Å². The van der Waals surface area contributed by atoms with Gasteiger partial charge in [-0.3, -0.25) is 0 Å². The van der Waals surface area contributed by atoms with Gasteiger partial charge in [0.05, 0.1) is 18.2 Å². The van der Waals surface area contributed by atoms with Crippen LogP contribution in [0, 0.1) is 0 Å². The number of ether oxygens (including phenoxy) is 1. The summed E-state index contributed by atoms with van der Waals surface area (Å²) in [6.07, 6.45) is -5.02. The fourth-order valence-electron chi connectivity index (χ4n) is 2.44. The molecule has 2 aromatic rings. The minimum absolute atomic E-state index is 0.321. The lowest BCUT2D eigenvalue weighted by Gasteiger charge is -2.23. The number of amides is 1. The number of nitrogens with one attached hydrogen (secondary N) is 1. The summed E-state index contributed by atoms with van der Waals surface area (Å²) in [5.74, 6) is 0. The number of hydrogen-bond acceptors (Lipinski definition) is 3. The zero-order valence-corrected chi connectivity index (χ0v) is 15.3. The van der Waals surface area contributed by atoms with Crippen molar-refractivity contribution in [2.45, 2.75) is 38.6 Å². The third-order valence-electron chi connectivity index (χ3n) is 3.73. The average molecular weight is 381 g/mol. The molecule has 1 amide bonds. The first kappa shape index (κ1) is 20.8. The molecule has 1 atom stereocenters. The van der Waals surface area contributed by atoms with Gasteiger partial charge in [0.25, 0.3) is 0 Å². The first-order valence-electron chi connectivity index (χ1n) is 8.37. The van der Waals surface area contributed by atoms with Crippen LogP contribution in [0.25, 0.3) is 11.1 Å². The van der Waals surface area contributed by atoms with Gasteiger partial charge in [0, 0.05) is 0 Å². The Morgan fingerprint density at radius 3 is 1.89 bits per heavy atom. The molecule has 0 saturated carbocycles. The maximum Gasteiger partial charge on any atom is 0.416 e. The molecule has 0 bridgehead atoms. The van der Waals surface area contributed by atoms with Gasteiger partial charge in [0.1, 0.15) is 5.60 Å². The summed E-state index contributed by atoms with van der Waals surface area (Å²) in [6, 6.07) is 11.1. The second kappa shape index (κ2) is 8.00. The molecule has 0 heterocycles. The normalized spacial score (nSPS) is 13.1. The third kappa shape index (κ3) is 5.99. The fourth-order valence-corrected chi connectivity index (χ4v) is 2.44. The highest BCUT2D eigenvalue weighted by Crippen LogP contribution is 2.31. The molecule has 0 aromatic heterocycles. The number of carbonyl (C=O) groups is 1. The second-order valence-electron chi connectivity index (χ2n) is 7.08. The van der Waals surface area contributed by atoms with Crippen molar-refractivity contribution in [1.82, 2.24) is 5.32 Å². The summed E-state index contributed by atoms with van der Waals surface area (Å²) in [7, 11) is 0. The summed E-state index contributed by atoms with van der Waals surface area (Å²) >= 11 is 0. The van der Waals surface area contributed by atoms with E-state index in [1.165, 1.54) is 12.1 Å². The Balaban J connectivity index is 2.12. The molecular weight excluding hydrogens is 359 g/mol. The van der Waals surface area contributed by atoms with Crippen molar-refractivity contribution in [3.05, 3.63) is 59.7 Å². The first-order valence-corrected chi connectivity index (χ1v) is 8.37. The predicted molar refractivity (Wildman–Crippen MR) is 96.1 cm³/mol. The van der Waals surface area contributed by atoms with E-state index in [0.29, 0.717) is 11.1 Å². The Morgan fingerprint density at radius 2 is 1.48 bits per heavy atom. The van der Waals surface area contributed by atoms with Crippen LogP contribution in [0.1, 0.15) is 37.9 Å². The molecule has 0 aliphatic carbocycles. The van der Waals surface area contributed by atoms with Crippen LogP contribution in [0.3, 0.4) is 0 Å². The maximum atomic E-state index is 12.6. The largest absolute Gasteiger partial charge is 0.444 e. The van der Waals surface area contributed by atoms with Crippen LogP contribution in [0.15, 0.2) is 48.5 Å². The molecule has 0 radical (unpaired) electrons. The van der Waals surface area contributed by atoms with Crippen molar-refractivity contribution in [3.63, 3.8) is 0 Å². The van der Waals surface area contributed by atoms with Gasteiger partial charge >= 0.3 is 12.3 Å². The quantitative estimate of drug-likeness (QED) is 0.789. The molecule has 0 fully saturated rings. The lowest BCUT2D eigenvalue weighted by molar-refractivity contribution is -0.137. The Morgan fingerprint density at radius 1 is 1.00 bits per heavy atom. The Labute approximate surface area is 156 Å². The smallest absolute Gasteiger partial charge is 0.416 e. The van der Waals surface area contributed by atoms with Crippen LogP contribution in [0.5, 0.6) is 0 Å². The maximum absolute atomic E-state index is 12.6. The van der Waals surface area contributed by atoms with Crippen molar-refractivity contribution >= 4 is 6.09 Å². The number of halogens is 3. The summed E-state index contributed by atoms with van der Waals surface area (Å²) in [5.41, 5.74) is 0.650. The zero-order chi connectivity index (χ0) is 20.2. The summed E-state index contributed by atoms with van der Waals surface area (Å²) in [6.45, 7) is 4.89. The summed E-state index contributed by atoms with van der Waals surface area (Å²) < 4.78 is 43.1. The molecule has 0 aliphatic heterocycles. The van der Waals surface area contributed by atoms with Crippen LogP contribution < -0.4 is 5.32 Å². The Kier molecular flexibility index (Phi) is 6.15.